The van der Waals surface area contributed by atoms with Gasteiger partial charge in [-0.3, -0.25) is 10.1 Å². The summed E-state index contributed by atoms with van der Waals surface area (Å²) in [6.07, 6.45) is -5.66. The maximum absolute atomic E-state index is 13.3. The number of alkyl halides is 3. The van der Waals surface area contributed by atoms with E-state index in [-0.39, 0.29) is 29.5 Å². The van der Waals surface area contributed by atoms with Crippen molar-refractivity contribution in [3.05, 3.63) is 64.4 Å². The summed E-state index contributed by atoms with van der Waals surface area (Å²) in [6.45, 7) is -0.0590. The van der Waals surface area contributed by atoms with Crippen molar-refractivity contribution in [1.82, 2.24) is 21.5 Å². The highest BCUT2D eigenvalue weighted by Crippen LogP contribution is 2.25. The molecule has 7 nitrogen and oxygen atoms in total. The quantitative estimate of drug-likeness (QED) is 0.304. The average molecular weight is 474 g/mol. The molecule has 1 aliphatic heterocycles. The Morgan fingerprint density at radius 3 is 2.66 bits per heavy atom. The van der Waals surface area contributed by atoms with Crippen LogP contribution in [0.3, 0.4) is 0 Å². The van der Waals surface area contributed by atoms with E-state index in [9.17, 15) is 22.4 Å². The van der Waals surface area contributed by atoms with E-state index in [1.807, 2.05) is 0 Å². The zero-order valence-corrected chi connectivity index (χ0v) is 17.5. The Kier molecular flexibility index (Phi) is 7.54. The third-order valence-electron chi connectivity index (χ3n) is 4.62. The Bertz CT molecular complexity index is 1000. The molecule has 0 aromatic heterocycles. The van der Waals surface area contributed by atoms with Crippen LogP contribution in [0.4, 0.5) is 17.6 Å². The summed E-state index contributed by atoms with van der Waals surface area (Å²) in [5, 5.41) is 5.41. The van der Waals surface area contributed by atoms with Gasteiger partial charge in [0.05, 0.1) is 25.4 Å². The van der Waals surface area contributed by atoms with Gasteiger partial charge in [0.15, 0.2) is 5.96 Å². The van der Waals surface area contributed by atoms with Crippen molar-refractivity contribution < 1.29 is 27.1 Å². The predicted molar refractivity (Wildman–Crippen MR) is 111 cm³/mol. The second-order valence-corrected chi connectivity index (χ2v) is 7.28. The molecule has 1 aliphatic rings. The minimum Gasteiger partial charge on any atom is -0.496 e. The van der Waals surface area contributed by atoms with Crippen molar-refractivity contribution in [2.24, 2.45) is 4.99 Å². The fraction of sp³-hybridized carbons (Fsp3) is 0.300. The summed E-state index contributed by atoms with van der Waals surface area (Å²) in [5.41, 5.74) is 5.31. The van der Waals surface area contributed by atoms with Crippen LogP contribution >= 0.6 is 11.6 Å². The van der Waals surface area contributed by atoms with Crippen LogP contribution in [0.2, 0.25) is 5.02 Å². The van der Waals surface area contributed by atoms with Crippen LogP contribution in [0.15, 0.2) is 47.5 Å². The standard InChI is InChI=1S/C20H20ClF4N5O2/c1-32-15-5-3-2-4-13(15)18(31)28-19(26-10-11-6-7-12(22)8-14(11)21)27-17-9-16(29-30-17)20(23,24)25/h2-8,16-17,29-30H,9-10H2,1H3,(H2,26,27,28,31). The Morgan fingerprint density at radius 1 is 1.25 bits per heavy atom. The fourth-order valence-corrected chi connectivity index (χ4v) is 3.20. The lowest BCUT2D eigenvalue weighted by molar-refractivity contribution is -0.153. The van der Waals surface area contributed by atoms with E-state index in [0.717, 1.165) is 6.07 Å². The molecule has 3 rings (SSSR count). The lowest BCUT2D eigenvalue weighted by atomic mass is 10.2. The molecule has 0 radical (unpaired) electrons. The molecular weight excluding hydrogens is 454 g/mol. The number of hydrazine groups is 1. The van der Waals surface area contributed by atoms with Crippen molar-refractivity contribution in [3.63, 3.8) is 0 Å². The Hall–Kier alpha value is -2.89. The number of benzene rings is 2. The minimum atomic E-state index is -4.44. The molecule has 2 aromatic carbocycles. The fourth-order valence-electron chi connectivity index (χ4n) is 2.97. The monoisotopic (exact) mass is 473 g/mol. The predicted octanol–water partition coefficient (Wildman–Crippen LogP) is 3.12. The Morgan fingerprint density at radius 2 is 2.00 bits per heavy atom. The number of ether oxygens (including phenoxy) is 1. The van der Waals surface area contributed by atoms with Gasteiger partial charge in [0.25, 0.3) is 5.91 Å². The van der Waals surface area contributed by atoms with Crippen LogP contribution in [0.1, 0.15) is 22.3 Å². The molecule has 4 N–H and O–H groups in total. The molecule has 12 heteroatoms. The molecule has 0 bridgehead atoms. The van der Waals surface area contributed by atoms with Crippen molar-refractivity contribution >= 4 is 23.5 Å². The van der Waals surface area contributed by atoms with Crippen LogP contribution in [0.5, 0.6) is 5.75 Å². The third-order valence-corrected chi connectivity index (χ3v) is 4.97. The molecule has 2 aromatic rings. The lowest BCUT2D eigenvalue weighted by Gasteiger charge is -2.18. The van der Waals surface area contributed by atoms with Gasteiger partial charge < -0.3 is 10.1 Å². The smallest absolute Gasteiger partial charge is 0.405 e. The molecule has 1 saturated heterocycles. The van der Waals surface area contributed by atoms with Gasteiger partial charge in [-0.2, -0.15) is 13.2 Å². The topological polar surface area (TPSA) is 86.8 Å². The van der Waals surface area contributed by atoms with Crippen molar-refractivity contribution in [1.29, 1.82) is 0 Å². The van der Waals surface area contributed by atoms with Crippen molar-refractivity contribution in [2.75, 3.05) is 7.11 Å². The first-order valence-corrected chi connectivity index (χ1v) is 9.82. The van der Waals surface area contributed by atoms with Gasteiger partial charge in [-0.05, 0) is 29.8 Å². The molecule has 0 aliphatic carbocycles. The number of aliphatic imine (C=N–C) groups is 1. The van der Waals surface area contributed by atoms with Crippen LogP contribution in [-0.4, -0.2) is 37.4 Å². The molecule has 32 heavy (non-hydrogen) atoms. The number of nitrogens with zero attached hydrogens (tertiary/aromatic N) is 1. The summed E-state index contributed by atoms with van der Waals surface area (Å²) < 4.78 is 57.3. The van der Waals surface area contributed by atoms with E-state index in [0.29, 0.717) is 11.3 Å². The first kappa shape index (κ1) is 23.8. The molecular formula is C20H20ClF4N5O2. The van der Waals surface area contributed by atoms with Gasteiger partial charge >= 0.3 is 6.18 Å². The van der Waals surface area contributed by atoms with E-state index in [1.54, 1.807) is 18.2 Å². The number of hydrogen-bond acceptors (Lipinski definition) is 5. The summed E-state index contributed by atoms with van der Waals surface area (Å²) in [4.78, 5) is 17.0. The molecule has 2 unspecified atom stereocenters. The van der Waals surface area contributed by atoms with Gasteiger partial charge in [0.2, 0.25) is 0 Å². The van der Waals surface area contributed by atoms with Gasteiger partial charge in [-0.15, -0.1) is 0 Å². The lowest BCUT2D eigenvalue weighted by Crippen LogP contribution is -2.50. The van der Waals surface area contributed by atoms with Gasteiger partial charge in [0, 0.05) is 11.4 Å². The summed E-state index contributed by atoms with van der Waals surface area (Å²) >= 11 is 6.01. The molecule has 2 atom stereocenters. The van der Waals surface area contributed by atoms with Crippen LogP contribution < -0.4 is 26.2 Å². The number of methoxy groups -OCH3 is 1. The number of rotatable bonds is 5. The SMILES string of the molecule is COc1ccccc1C(=O)NC(=NCc1ccc(F)cc1Cl)NC1CC(C(F)(F)F)NN1. The van der Waals surface area contributed by atoms with Crippen LogP contribution in [0.25, 0.3) is 0 Å². The highest BCUT2D eigenvalue weighted by atomic mass is 35.5. The highest BCUT2D eigenvalue weighted by Gasteiger charge is 2.44. The molecule has 1 fully saturated rings. The number of carbonyl (C=O) groups excluding carboxylic acids is 1. The molecule has 1 amide bonds. The minimum absolute atomic E-state index is 0.0590. The average Bonchev–Trinajstić information content (AvgIpc) is 3.22. The summed E-state index contributed by atoms with van der Waals surface area (Å²) in [6, 6.07) is 8.41. The van der Waals surface area contributed by atoms with E-state index in [2.05, 4.69) is 26.5 Å². The number of para-hydroxylation sites is 1. The summed E-state index contributed by atoms with van der Waals surface area (Å²) in [7, 11) is 1.40. The number of halogens is 5. The second kappa shape index (κ2) is 10.2. The zero-order chi connectivity index (χ0) is 23.3. The zero-order valence-electron chi connectivity index (χ0n) is 16.8. The van der Waals surface area contributed by atoms with E-state index in [1.165, 1.54) is 25.3 Å². The van der Waals surface area contributed by atoms with Crippen LogP contribution in [-0.2, 0) is 6.54 Å². The number of hydrogen-bond donors (Lipinski definition) is 4. The van der Waals surface area contributed by atoms with E-state index >= 15 is 0 Å². The van der Waals surface area contributed by atoms with Gasteiger partial charge in [0.1, 0.15) is 17.6 Å². The van der Waals surface area contributed by atoms with E-state index < -0.39 is 30.1 Å². The van der Waals surface area contributed by atoms with Crippen LogP contribution in [0, 0.1) is 5.82 Å². The van der Waals surface area contributed by atoms with Gasteiger partial charge in [-0.1, -0.05) is 29.8 Å². The maximum Gasteiger partial charge on any atom is 0.405 e. The van der Waals surface area contributed by atoms with E-state index in [4.69, 9.17) is 16.3 Å². The highest BCUT2D eigenvalue weighted by molar-refractivity contribution is 6.31. The van der Waals surface area contributed by atoms with Gasteiger partial charge in [-0.25, -0.2) is 20.2 Å². The first-order valence-electron chi connectivity index (χ1n) is 9.44. The number of carbonyl (C=O) groups is 1. The molecule has 172 valence electrons. The third kappa shape index (κ3) is 6.09. The number of guanidine groups is 1. The number of amides is 1. The first-order chi connectivity index (χ1) is 15.2. The molecule has 1 heterocycles. The Labute approximate surface area is 186 Å². The summed E-state index contributed by atoms with van der Waals surface area (Å²) in [5.74, 6) is -0.894. The van der Waals surface area contributed by atoms with Crippen molar-refractivity contribution in [3.8, 4) is 5.75 Å². The maximum atomic E-state index is 13.3. The molecule has 0 saturated carbocycles. The largest absolute Gasteiger partial charge is 0.496 e. The Balaban J connectivity index is 1.79. The van der Waals surface area contributed by atoms with Crippen molar-refractivity contribution in [2.45, 2.75) is 31.3 Å². The second-order valence-electron chi connectivity index (χ2n) is 6.87. The number of nitrogens with one attached hydrogen (secondary N) is 4. The normalized spacial score (nSPS) is 19.0. The molecule has 0 spiro atoms.